The van der Waals surface area contributed by atoms with Crippen LogP contribution in [0.2, 0.25) is 0 Å². The Labute approximate surface area is 197 Å². The van der Waals surface area contributed by atoms with Gasteiger partial charge in [-0.05, 0) is 51.5 Å². The summed E-state index contributed by atoms with van der Waals surface area (Å²) >= 11 is 0. The zero-order valence-electron chi connectivity index (χ0n) is 18.4. The van der Waals surface area contributed by atoms with Gasteiger partial charge in [-0.2, -0.15) is 0 Å². The Balaban J connectivity index is 0.00000450. The number of aliphatic hydroxyl groups is 1. The van der Waals surface area contributed by atoms with Crippen LogP contribution in [0.3, 0.4) is 0 Å². The Morgan fingerprint density at radius 1 is 1.07 bits per heavy atom. The molecule has 7 heteroatoms. The number of hydrogen-bond donors (Lipinski definition) is 3. The fraction of sp³-hybridized carbons (Fsp3) is 0.435. The highest BCUT2D eigenvalue weighted by Crippen LogP contribution is 2.23. The zero-order chi connectivity index (χ0) is 21.3. The van der Waals surface area contributed by atoms with Crippen LogP contribution in [0.4, 0.5) is 0 Å². The summed E-state index contributed by atoms with van der Waals surface area (Å²) in [6.07, 6.45) is -0.652. The largest absolute Gasteiger partial charge is 0.497 e. The van der Waals surface area contributed by atoms with Crippen LogP contribution >= 0.6 is 24.0 Å². The van der Waals surface area contributed by atoms with Crippen molar-refractivity contribution in [1.29, 1.82) is 0 Å². The highest BCUT2D eigenvalue weighted by Gasteiger charge is 2.14. The first-order valence-corrected chi connectivity index (χ1v) is 9.93. The number of methoxy groups -OCH3 is 1. The highest BCUT2D eigenvalue weighted by atomic mass is 127. The second-order valence-electron chi connectivity index (χ2n) is 7.69. The molecular formula is C23H34IN3O3. The van der Waals surface area contributed by atoms with Gasteiger partial charge in [-0.15, -0.1) is 24.0 Å². The normalized spacial score (nSPS) is 12.5. The minimum absolute atomic E-state index is 0. The van der Waals surface area contributed by atoms with Crippen molar-refractivity contribution in [2.24, 2.45) is 4.99 Å². The van der Waals surface area contributed by atoms with Gasteiger partial charge < -0.3 is 25.2 Å². The second kappa shape index (κ2) is 12.6. The lowest BCUT2D eigenvalue weighted by Gasteiger charge is -2.23. The Kier molecular flexibility index (Phi) is 11.0. The Bertz CT molecular complexity index is 789. The lowest BCUT2D eigenvalue weighted by atomic mass is 10.1. The van der Waals surface area contributed by atoms with E-state index in [0.29, 0.717) is 19.0 Å². The van der Waals surface area contributed by atoms with Crippen LogP contribution in [0, 0.1) is 0 Å². The van der Waals surface area contributed by atoms with Gasteiger partial charge in [0.25, 0.3) is 0 Å². The number of aliphatic hydroxyl groups excluding tert-OH is 1. The number of para-hydroxylation sites is 1. The molecule has 0 fully saturated rings. The number of nitrogens with one attached hydrogen (secondary N) is 2. The number of aliphatic imine (C=N–C) groups is 1. The van der Waals surface area contributed by atoms with E-state index in [1.165, 1.54) is 0 Å². The van der Waals surface area contributed by atoms with Crippen molar-refractivity contribution in [3.63, 3.8) is 0 Å². The highest BCUT2D eigenvalue weighted by molar-refractivity contribution is 14.0. The summed E-state index contributed by atoms with van der Waals surface area (Å²) in [6, 6.07) is 15.3. The molecule has 1 atom stereocenters. The second-order valence-corrected chi connectivity index (χ2v) is 7.69. The number of ether oxygens (including phenoxy) is 2. The molecule has 0 aliphatic rings. The number of rotatable bonds is 8. The molecule has 2 rings (SSSR count). The van der Waals surface area contributed by atoms with Crippen LogP contribution < -0.4 is 20.1 Å². The molecule has 30 heavy (non-hydrogen) atoms. The molecule has 0 spiro atoms. The first kappa shape index (κ1) is 26.0. The van der Waals surface area contributed by atoms with E-state index in [9.17, 15) is 5.11 Å². The fourth-order valence-corrected chi connectivity index (χ4v) is 2.71. The first-order chi connectivity index (χ1) is 13.8. The molecule has 6 nitrogen and oxygen atoms in total. The van der Waals surface area contributed by atoms with Gasteiger partial charge in [0, 0.05) is 18.7 Å². The molecule has 3 N–H and O–H groups in total. The lowest BCUT2D eigenvalue weighted by molar-refractivity contribution is 0.129. The molecule has 166 valence electrons. The van der Waals surface area contributed by atoms with E-state index in [0.717, 1.165) is 29.2 Å². The van der Waals surface area contributed by atoms with Crippen LogP contribution in [-0.4, -0.2) is 36.9 Å². The van der Waals surface area contributed by atoms with Crippen molar-refractivity contribution < 1.29 is 14.6 Å². The van der Waals surface area contributed by atoms with Gasteiger partial charge in [0.05, 0.1) is 19.8 Å². The van der Waals surface area contributed by atoms with Crippen molar-refractivity contribution in [2.45, 2.75) is 45.9 Å². The Morgan fingerprint density at radius 2 is 1.73 bits per heavy atom. The van der Waals surface area contributed by atoms with Crippen LogP contribution in [0.25, 0.3) is 0 Å². The molecule has 0 aromatic heterocycles. The maximum absolute atomic E-state index is 10.5. The quantitative estimate of drug-likeness (QED) is 0.272. The smallest absolute Gasteiger partial charge is 0.191 e. The summed E-state index contributed by atoms with van der Waals surface area (Å²) in [5.41, 5.74) is 1.55. The van der Waals surface area contributed by atoms with Gasteiger partial charge in [0.1, 0.15) is 17.1 Å². The molecule has 0 saturated carbocycles. The van der Waals surface area contributed by atoms with Crippen LogP contribution in [0.5, 0.6) is 11.5 Å². The van der Waals surface area contributed by atoms with Gasteiger partial charge in [-0.3, -0.25) is 0 Å². The van der Waals surface area contributed by atoms with E-state index in [2.05, 4.69) is 15.6 Å². The molecule has 0 aliphatic heterocycles. The SMILES string of the molecule is CCNC(=NCc1ccccc1OC(C)(C)C)NCC(O)c1ccc(OC)cc1.I. The van der Waals surface area contributed by atoms with E-state index in [-0.39, 0.29) is 29.6 Å². The van der Waals surface area contributed by atoms with Crippen molar-refractivity contribution >= 4 is 29.9 Å². The van der Waals surface area contributed by atoms with E-state index >= 15 is 0 Å². The van der Waals surface area contributed by atoms with Crippen LogP contribution in [0.15, 0.2) is 53.5 Å². The standard InChI is InChI=1S/C23H33N3O3.HI/c1-6-24-22(26-16-20(27)17-11-13-19(28-5)14-12-17)25-15-18-9-7-8-10-21(18)29-23(2,3)4;/h7-14,20,27H,6,15-16H2,1-5H3,(H2,24,25,26);1H. The monoisotopic (exact) mass is 527 g/mol. The predicted molar refractivity (Wildman–Crippen MR) is 133 cm³/mol. The number of benzene rings is 2. The van der Waals surface area contributed by atoms with Crippen molar-refractivity contribution in [3.05, 3.63) is 59.7 Å². The average Bonchev–Trinajstić information content (AvgIpc) is 2.69. The Hall–Kier alpha value is -2.00. The summed E-state index contributed by atoms with van der Waals surface area (Å²) in [7, 11) is 1.62. The number of hydrogen-bond acceptors (Lipinski definition) is 4. The average molecular weight is 527 g/mol. The third-order valence-corrected chi connectivity index (χ3v) is 4.10. The molecule has 0 radical (unpaired) electrons. The molecule has 0 bridgehead atoms. The minimum atomic E-state index is -0.652. The third-order valence-electron chi connectivity index (χ3n) is 4.10. The van der Waals surface area contributed by atoms with E-state index in [1.807, 2.05) is 76.2 Å². The van der Waals surface area contributed by atoms with Crippen LogP contribution in [-0.2, 0) is 6.54 Å². The van der Waals surface area contributed by atoms with Gasteiger partial charge in [-0.1, -0.05) is 30.3 Å². The van der Waals surface area contributed by atoms with Crippen molar-refractivity contribution in [2.75, 3.05) is 20.2 Å². The van der Waals surface area contributed by atoms with E-state index in [1.54, 1.807) is 7.11 Å². The van der Waals surface area contributed by atoms with Gasteiger partial charge in [0.2, 0.25) is 0 Å². The molecule has 2 aromatic rings. The summed E-state index contributed by atoms with van der Waals surface area (Å²) < 4.78 is 11.2. The van der Waals surface area contributed by atoms with Crippen molar-refractivity contribution in [3.8, 4) is 11.5 Å². The Morgan fingerprint density at radius 3 is 2.33 bits per heavy atom. The molecule has 0 amide bonds. The van der Waals surface area contributed by atoms with Gasteiger partial charge in [-0.25, -0.2) is 4.99 Å². The molecule has 0 aliphatic carbocycles. The summed E-state index contributed by atoms with van der Waals surface area (Å²) in [4.78, 5) is 4.65. The maximum Gasteiger partial charge on any atom is 0.191 e. The third kappa shape index (κ3) is 8.79. The minimum Gasteiger partial charge on any atom is -0.497 e. The zero-order valence-corrected chi connectivity index (χ0v) is 20.8. The summed E-state index contributed by atoms with van der Waals surface area (Å²) in [5, 5.41) is 16.9. The lowest BCUT2D eigenvalue weighted by Crippen LogP contribution is -2.39. The topological polar surface area (TPSA) is 75.1 Å². The molecule has 0 saturated heterocycles. The van der Waals surface area contributed by atoms with Gasteiger partial charge in [0.15, 0.2) is 5.96 Å². The molecular weight excluding hydrogens is 493 g/mol. The van der Waals surface area contributed by atoms with E-state index in [4.69, 9.17) is 9.47 Å². The summed E-state index contributed by atoms with van der Waals surface area (Å²) in [6.45, 7) is 9.63. The van der Waals surface area contributed by atoms with E-state index < -0.39 is 6.10 Å². The summed E-state index contributed by atoms with van der Waals surface area (Å²) in [5.74, 6) is 2.24. The maximum atomic E-state index is 10.5. The predicted octanol–water partition coefficient (Wildman–Crippen LogP) is 4.28. The molecule has 0 heterocycles. The first-order valence-electron chi connectivity index (χ1n) is 9.93. The van der Waals surface area contributed by atoms with Crippen molar-refractivity contribution in [1.82, 2.24) is 10.6 Å². The van der Waals surface area contributed by atoms with Gasteiger partial charge >= 0.3 is 0 Å². The molecule has 2 aromatic carbocycles. The fourth-order valence-electron chi connectivity index (χ4n) is 2.71. The number of nitrogens with zero attached hydrogens (tertiary/aromatic N) is 1. The number of guanidine groups is 1. The molecule has 1 unspecified atom stereocenters. The van der Waals surface area contributed by atoms with Crippen LogP contribution in [0.1, 0.15) is 44.9 Å². The number of halogens is 1.